The number of carbonyl (C=O) groups excluding carboxylic acids is 1. The number of carbonyl (C=O) groups is 2. The maximum atomic E-state index is 12.0. The van der Waals surface area contributed by atoms with E-state index in [0.717, 1.165) is 25.7 Å². The van der Waals surface area contributed by atoms with Crippen LogP contribution in [-0.2, 0) is 4.79 Å². The van der Waals surface area contributed by atoms with Crippen LogP contribution in [0.2, 0.25) is 0 Å². The largest absolute Gasteiger partial charge is 0.480 e. The summed E-state index contributed by atoms with van der Waals surface area (Å²) in [6.45, 7) is 4.25. The van der Waals surface area contributed by atoms with Gasteiger partial charge in [-0.2, -0.15) is 0 Å². The average Bonchev–Trinajstić information content (AvgIpc) is 2.26. The molecule has 0 heterocycles. The van der Waals surface area contributed by atoms with Crippen molar-refractivity contribution < 1.29 is 14.7 Å². The molecule has 5 heteroatoms. The lowest BCUT2D eigenvalue weighted by Crippen LogP contribution is -2.47. The van der Waals surface area contributed by atoms with Gasteiger partial charge in [-0.05, 0) is 31.1 Å². The second kappa shape index (κ2) is 5.59. The van der Waals surface area contributed by atoms with E-state index in [1.54, 1.807) is 11.9 Å². The van der Waals surface area contributed by atoms with Crippen molar-refractivity contribution in [1.29, 1.82) is 0 Å². The molecule has 0 spiro atoms. The third-order valence-corrected chi connectivity index (χ3v) is 3.86. The first kappa shape index (κ1) is 14.8. The van der Waals surface area contributed by atoms with Crippen molar-refractivity contribution in [3.63, 3.8) is 0 Å². The summed E-state index contributed by atoms with van der Waals surface area (Å²) in [6, 6.07) is 0.0314. The molecule has 1 aliphatic rings. The van der Waals surface area contributed by atoms with Gasteiger partial charge < -0.3 is 14.9 Å². The number of carboxylic acids is 1. The van der Waals surface area contributed by atoms with E-state index >= 15 is 0 Å². The second-order valence-electron chi connectivity index (χ2n) is 6.04. The van der Waals surface area contributed by atoms with E-state index in [2.05, 4.69) is 13.8 Å². The molecule has 5 nitrogen and oxygen atoms in total. The van der Waals surface area contributed by atoms with Gasteiger partial charge in [0, 0.05) is 20.1 Å². The lowest BCUT2D eigenvalue weighted by atomic mass is 9.75. The number of likely N-dealkylation sites (N-methyl/N-ethyl adjacent to an activating group) is 1. The molecule has 0 aromatic heterocycles. The van der Waals surface area contributed by atoms with Crippen LogP contribution < -0.4 is 0 Å². The molecule has 1 aliphatic carbocycles. The first-order chi connectivity index (χ1) is 8.23. The fourth-order valence-corrected chi connectivity index (χ4v) is 2.47. The first-order valence-corrected chi connectivity index (χ1v) is 6.43. The van der Waals surface area contributed by atoms with Crippen LogP contribution in [0.3, 0.4) is 0 Å². The van der Waals surface area contributed by atoms with Gasteiger partial charge in [-0.15, -0.1) is 0 Å². The maximum absolute atomic E-state index is 12.0. The van der Waals surface area contributed by atoms with Gasteiger partial charge in [-0.3, -0.25) is 4.79 Å². The molecule has 0 unspecified atom stereocenters. The van der Waals surface area contributed by atoms with Crippen LogP contribution in [0.1, 0.15) is 39.5 Å². The molecule has 0 bridgehead atoms. The van der Waals surface area contributed by atoms with Gasteiger partial charge in [0.25, 0.3) is 0 Å². The summed E-state index contributed by atoms with van der Waals surface area (Å²) in [4.78, 5) is 25.6. The molecule has 0 aliphatic heterocycles. The Morgan fingerprint density at radius 2 is 1.72 bits per heavy atom. The summed E-state index contributed by atoms with van der Waals surface area (Å²) in [5, 5.41) is 8.68. The Bertz CT molecular complexity index is 318. The minimum Gasteiger partial charge on any atom is -0.480 e. The highest BCUT2D eigenvalue weighted by Crippen LogP contribution is 2.36. The zero-order valence-electron chi connectivity index (χ0n) is 11.8. The van der Waals surface area contributed by atoms with E-state index in [1.807, 2.05) is 0 Å². The minimum absolute atomic E-state index is 0.206. The molecule has 0 aromatic carbocycles. The predicted molar refractivity (Wildman–Crippen MR) is 69.5 cm³/mol. The van der Waals surface area contributed by atoms with Crippen molar-refractivity contribution in [2.24, 2.45) is 5.41 Å². The lowest BCUT2D eigenvalue weighted by Gasteiger charge is -2.39. The van der Waals surface area contributed by atoms with Crippen molar-refractivity contribution in [2.45, 2.75) is 45.6 Å². The molecule has 18 heavy (non-hydrogen) atoms. The zero-order valence-corrected chi connectivity index (χ0v) is 11.8. The number of rotatable bonds is 3. The standard InChI is InChI=1S/C13H24N2O3/c1-13(2)7-5-10(6-8-13)15(4)12(18)14(3)9-11(16)17/h10H,5-9H2,1-4H3,(H,16,17). The average molecular weight is 256 g/mol. The van der Waals surface area contributed by atoms with Crippen molar-refractivity contribution in [2.75, 3.05) is 20.6 Å². The Labute approximate surface area is 109 Å². The topological polar surface area (TPSA) is 60.9 Å². The number of nitrogens with zero attached hydrogens (tertiary/aromatic N) is 2. The Morgan fingerprint density at radius 3 is 2.17 bits per heavy atom. The van der Waals surface area contributed by atoms with Crippen LogP contribution in [0.5, 0.6) is 0 Å². The Hall–Kier alpha value is -1.26. The summed E-state index contributed by atoms with van der Waals surface area (Å²) in [7, 11) is 3.30. The predicted octanol–water partition coefficient (Wildman–Crippen LogP) is 2.02. The molecule has 0 aromatic rings. The SMILES string of the molecule is CN(CC(=O)O)C(=O)N(C)C1CCC(C)(C)CC1. The highest BCUT2D eigenvalue weighted by Gasteiger charge is 2.31. The van der Waals surface area contributed by atoms with Gasteiger partial charge in [-0.25, -0.2) is 4.79 Å². The van der Waals surface area contributed by atoms with E-state index < -0.39 is 5.97 Å². The fourth-order valence-electron chi connectivity index (χ4n) is 2.47. The fraction of sp³-hybridized carbons (Fsp3) is 0.846. The Balaban J connectivity index is 2.52. The summed E-state index contributed by atoms with van der Waals surface area (Å²) in [6.07, 6.45) is 4.21. The highest BCUT2D eigenvalue weighted by molar-refractivity contribution is 5.79. The van der Waals surface area contributed by atoms with Crippen LogP contribution in [0.25, 0.3) is 0 Å². The van der Waals surface area contributed by atoms with Crippen LogP contribution in [-0.4, -0.2) is 53.6 Å². The quantitative estimate of drug-likeness (QED) is 0.840. The van der Waals surface area contributed by atoms with E-state index in [0.29, 0.717) is 5.41 Å². The van der Waals surface area contributed by atoms with E-state index in [-0.39, 0.29) is 18.6 Å². The highest BCUT2D eigenvalue weighted by atomic mass is 16.4. The number of amides is 2. The number of carboxylic acid groups (broad SMARTS) is 1. The summed E-state index contributed by atoms with van der Waals surface area (Å²) in [5.74, 6) is -0.982. The van der Waals surface area contributed by atoms with Crippen LogP contribution in [0, 0.1) is 5.41 Å². The third-order valence-electron chi connectivity index (χ3n) is 3.86. The molecule has 1 saturated carbocycles. The molecular weight excluding hydrogens is 232 g/mol. The summed E-state index contributed by atoms with van der Waals surface area (Å²) < 4.78 is 0. The van der Waals surface area contributed by atoms with Crippen molar-refractivity contribution in [1.82, 2.24) is 9.80 Å². The van der Waals surface area contributed by atoms with Gasteiger partial charge in [0.15, 0.2) is 0 Å². The minimum atomic E-state index is -0.982. The van der Waals surface area contributed by atoms with Gasteiger partial charge in [-0.1, -0.05) is 13.8 Å². The molecule has 104 valence electrons. The number of hydrogen-bond donors (Lipinski definition) is 1. The molecule has 0 saturated heterocycles. The number of urea groups is 1. The molecule has 0 radical (unpaired) electrons. The molecule has 0 atom stereocenters. The van der Waals surface area contributed by atoms with Gasteiger partial charge in [0.05, 0.1) is 0 Å². The zero-order chi connectivity index (χ0) is 13.9. The van der Waals surface area contributed by atoms with Gasteiger partial charge in [0.2, 0.25) is 0 Å². The van der Waals surface area contributed by atoms with Crippen molar-refractivity contribution >= 4 is 12.0 Å². The van der Waals surface area contributed by atoms with Crippen molar-refractivity contribution in [3.8, 4) is 0 Å². The van der Waals surface area contributed by atoms with Gasteiger partial charge in [0.1, 0.15) is 6.54 Å². The Kier molecular flexibility index (Phi) is 4.59. The molecule has 1 rings (SSSR count). The Morgan fingerprint density at radius 1 is 1.22 bits per heavy atom. The summed E-state index contributed by atoms with van der Waals surface area (Å²) >= 11 is 0. The van der Waals surface area contributed by atoms with E-state index in [4.69, 9.17) is 5.11 Å². The molecule has 2 amide bonds. The molecule has 1 fully saturated rings. The first-order valence-electron chi connectivity index (χ1n) is 6.43. The van der Waals surface area contributed by atoms with Crippen LogP contribution in [0.15, 0.2) is 0 Å². The molecular formula is C13H24N2O3. The van der Waals surface area contributed by atoms with E-state index in [9.17, 15) is 9.59 Å². The lowest BCUT2D eigenvalue weighted by molar-refractivity contribution is -0.137. The number of hydrogen-bond acceptors (Lipinski definition) is 2. The summed E-state index contributed by atoms with van der Waals surface area (Å²) in [5.41, 5.74) is 0.368. The smallest absolute Gasteiger partial charge is 0.323 e. The number of aliphatic carboxylic acids is 1. The van der Waals surface area contributed by atoms with Crippen LogP contribution in [0.4, 0.5) is 4.79 Å². The van der Waals surface area contributed by atoms with Gasteiger partial charge >= 0.3 is 12.0 Å². The second-order valence-corrected chi connectivity index (χ2v) is 6.04. The monoisotopic (exact) mass is 256 g/mol. The van der Waals surface area contributed by atoms with Crippen molar-refractivity contribution in [3.05, 3.63) is 0 Å². The van der Waals surface area contributed by atoms with E-state index in [1.165, 1.54) is 11.9 Å². The van der Waals surface area contributed by atoms with Crippen LogP contribution >= 0.6 is 0 Å². The maximum Gasteiger partial charge on any atom is 0.323 e. The molecule has 1 N–H and O–H groups in total. The third kappa shape index (κ3) is 3.89. The normalized spacial score (nSPS) is 19.3.